The average Bonchev–Trinajstić information content (AvgIpc) is 2.68. The third-order valence-electron chi connectivity index (χ3n) is 2.25. The molecule has 0 aliphatic heterocycles. The smallest absolute Gasteiger partial charge is 0.329 e. The lowest BCUT2D eigenvalue weighted by atomic mass is 10.5. The lowest BCUT2D eigenvalue weighted by Crippen LogP contribution is -2.28. The van der Waals surface area contributed by atoms with Gasteiger partial charge in [-0.15, -0.1) is 0 Å². The zero-order valence-electron chi connectivity index (χ0n) is 9.03. The topological polar surface area (TPSA) is 92.8 Å². The summed E-state index contributed by atoms with van der Waals surface area (Å²) in [6.07, 6.45) is 0. The Balaban J connectivity index is 2.61. The van der Waals surface area contributed by atoms with E-state index < -0.39 is 11.2 Å². The van der Waals surface area contributed by atoms with Gasteiger partial charge in [0.1, 0.15) is 17.9 Å². The molecule has 2 aromatic heterocycles. The highest BCUT2D eigenvalue weighted by molar-refractivity contribution is 5.69. The highest BCUT2D eigenvalue weighted by atomic mass is 16.5. The summed E-state index contributed by atoms with van der Waals surface area (Å²) in [7, 11) is 1.55. The molecule has 0 aliphatic rings. The highest BCUT2D eigenvalue weighted by Crippen LogP contribution is 2.04. The molecule has 2 heterocycles. The van der Waals surface area contributed by atoms with E-state index in [0.29, 0.717) is 24.7 Å². The maximum atomic E-state index is 11.5. The van der Waals surface area contributed by atoms with Crippen LogP contribution in [-0.2, 0) is 18.4 Å². The Hall–Kier alpha value is -1.89. The first kappa shape index (κ1) is 10.6. The Morgan fingerprint density at radius 3 is 2.81 bits per heavy atom. The van der Waals surface area contributed by atoms with E-state index in [9.17, 15) is 9.59 Å². The van der Waals surface area contributed by atoms with Crippen LogP contribution < -0.4 is 11.2 Å². The molecule has 2 aromatic rings. The fourth-order valence-electron chi connectivity index (χ4n) is 1.42. The number of rotatable bonds is 3. The zero-order chi connectivity index (χ0) is 11.7. The van der Waals surface area contributed by atoms with Gasteiger partial charge in [-0.3, -0.25) is 14.3 Å². The third-order valence-corrected chi connectivity index (χ3v) is 2.25. The molecule has 86 valence electrons. The van der Waals surface area contributed by atoms with Gasteiger partial charge in [-0.1, -0.05) is 0 Å². The monoisotopic (exact) mass is 224 g/mol. The van der Waals surface area contributed by atoms with Crippen LogP contribution in [0.1, 0.15) is 12.7 Å². The second-order valence-corrected chi connectivity index (χ2v) is 3.34. The molecule has 0 bridgehead atoms. The molecule has 0 aliphatic carbocycles. The van der Waals surface area contributed by atoms with E-state index in [2.05, 4.69) is 15.0 Å². The third kappa shape index (κ3) is 1.65. The van der Waals surface area contributed by atoms with Gasteiger partial charge in [0.2, 0.25) is 0 Å². The number of hydrogen-bond acceptors (Lipinski definition) is 4. The largest absolute Gasteiger partial charge is 0.374 e. The van der Waals surface area contributed by atoms with Gasteiger partial charge in [0.15, 0.2) is 5.65 Å². The van der Waals surface area contributed by atoms with Crippen molar-refractivity contribution >= 4 is 11.2 Å². The Morgan fingerprint density at radius 1 is 1.38 bits per heavy atom. The molecular weight excluding hydrogens is 212 g/mol. The fraction of sp³-hybridized carbons (Fsp3) is 0.444. The molecule has 2 N–H and O–H groups in total. The molecule has 16 heavy (non-hydrogen) atoms. The van der Waals surface area contributed by atoms with E-state index in [-0.39, 0.29) is 5.52 Å². The van der Waals surface area contributed by atoms with Crippen LogP contribution in [0.5, 0.6) is 0 Å². The number of fused-ring (bicyclic) bond motifs is 1. The van der Waals surface area contributed by atoms with Gasteiger partial charge in [0.25, 0.3) is 5.56 Å². The van der Waals surface area contributed by atoms with Gasteiger partial charge in [-0.05, 0) is 6.92 Å². The maximum Gasteiger partial charge on any atom is 0.329 e. The molecule has 2 rings (SSSR count). The number of nitrogens with one attached hydrogen (secondary N) is 2. The van der Waals surface area contributed by atoms with Crippen molar-refractivity contribution in [1.29, 1.82) is 0 Å². The Kier molecular flexibility index (Phi) is 2.61. The van der Waals surface area contributed by atoms with E-state index in [0.717, 1.165) is 0 Å². The molecule has 0 fully saturated rings. The van der Waals surface area contributed by atoms with Crippen molar-refractivity contribution < 1.29 is 4.74 Å². The van der Waals surface area contributed by atoms with Crippen LogP contribution in [-0.4, -0.2) is 26.1 Å². The van der Waals surface area contributed by atoms with Crippen LogP contribution in [0.15, 0.2) is 9.59 Å². The number of imidazole rings is 1. The summed E-state index contributed by atoms with van der Waals surface area (Å²) in [6, 6.07) is 0. The minimum atomic E-state index is -0.480. The van der Waals surface area contributed by atoms with Crippen LogP contribution in [0.2, 0.25) is 0 Å². The first-order valence-corrected chi connectivity index (χ1v) is 4.89. The first-order valence-electron chi connectivity index (χ1n) is 4.89. The van der Waals surface area contributed by atoms with Gasteiger partial charge in [-0.25, -0.2) is 9.78 Å². The molecular formula is C9H12N4O3. The summed E-state index contributed by atoms with van der Waals surface area (Å²) < 4.78 is 6.45. The minimum Gasteiger partial charge on any atom is -0.374 e. The predicted octanol–water partition coefficient (Wildman–Crippen LogP) is -0.514. The fourth-order valence-corrected chi connectivity index (χ4v) is 1.42. The summed E-state index contributed by atoms with van der Waals surface area (Å²) in [5, 5.41) is 0. The lowest BCUT2D eigenvalue weighted by molar-refractivity contribution is 0.129. The molecule has 0 unspecified atom stereocenters. The van der Waals surface area contributed by atoms with Crippen molar-refractivity contribution in [2.75, 3.05) is 6.61 Å². The Morgan fingerprint density at radius 2 is 2.12 bits per heavy atom. The maximum absolute atomic E-state index is 11.5. The van der Waals surface area contributed by atoms with Crippen molar-refractivity contribution in [2.45, 2.75) is 13.5 Å². The second kappa shape index (κ2) is 3.93. The Bertz CT molecular complexity index is 622. The van der Waals surface area contributed by atoms with Gasteiger partial charge in [0.05, 0.1) is 0 Å². The highest BCUT2D eigenvalue weighted by Gasteiger charge is 2.10. The molecule has 0 spiro atoms. The quantitative estimate of drug-likeness (QED) is 0.734. The van der Waals surface area contributed by atoms with Gasteiger partial charge in [-0.2, -0.15) is 0 Å². The van der Waals surface area contributed by atoms with E-state index in [1.54, 1.807) is 7.05 Å². The van der Waals surface area contributed by atoms with Crippen molar-refractivity contribution in [3.63, 3.8) is 0 Å². The number of nitrogens with zero attached hydrogens (tertiary/aromatic N) is 2. The normalized spacial score (nSPS) is 11.1. The summed E-state index contributed by atoms with van der Waals surface area (Å²) in [5.41, 5.74) is -0.319. The van der Waals surface area contributed by atoms with E-state index in [1.807, 2.05) is 6.92 Å². The molecule has 0 saturated carbocycles. The summed E-state index contributed by atoms with van der Waals surface area (Å²) in [6.45, 7) is 2.72. The first-order chi connectivity index (χ1) is 7.63. The standard InChI is InChI=1S/C9H12N4O3/c1-3-16-4-5-10-6-7(11-5)13(2)9(15)12-8(6)14/h3-4H2,1-2H3,(H,10,11)(H,12,14,15). The molecule has 0 saturated heterocycles. The average molecular weight is 224 g/mol. The zero-order valence-corrected chi connectivity index (χ0v) is 9.03. The van der Waals surface area contributed by atoms with Crippen molar-refractivity contribution in [3.8, 4) is 0 Å². The molecule has 7 nitrogen and oxygen atoms in total. The molecule has 0 atom stereocenters. The molecule has 7 heteroatoms. The van der Waals surface area contributed by atoms with E-state index in [4.69, 9.17) is 4.74 Å². The van der Waals surface area contributed by atoms with E-state index >= 15 is 0 Å². The summed E-state index contributed by atoms with van der Waals surface area (Å²) >= 11 is 0. The predicted molar refractivity (Wildman–Crippen MR) is 57.3 cm³/mol. The van der Waals surface area contributed by atoms with Gasteiger partial charge < -0.3 is 9.72 Å². The Labute approximate surface area is 90.1 Å². The van der Waals surface area contributed by atoms with Crippen LogP contribution in [0.3, 0.4) is 0 Å². The number of aryl methyl sites for hydroxylation is 1. The van der Waals surface area contributed by atoms with Gasteiger partial charge in [0, 0.05) is 13.7 Å². The van der Waals surface area contributed by atoms with Crippen molar-refractivity contribution in [2.24, 2.45) is 7.05 Å². The number of hydrogen-bond donors (Lipinski definition) is 2. The lowest BCUT2D eigenvalue weighted by Gasteiger charge is -1.95. The van der Waals surface area contributed by atoms with Crippen LogP contribution in [0, 0.1) is 0 Å². The summed E-state index contributed by atoms with van der Waals surface area (Å²) in [5.74, 6) is 0.531. The van der Waals surface area contributed by atoms with E-state index in [1.165, 1.54) is 4.57 Å². The number of H-pyrrole nitrogens is 2. The number of ether oxygens (including phenoxy) is 1. The van der Waals surface area contributed by atoms with Crippen LogP contribution in [0.25, 0.3) is 11.2 Å². The number of aromatic amines is 2. The second-order valence-electron chi connectivity index (χ2n) is 3.34. The van der Waals surface area contributed by atoms with Crippen LogP contribution >= 0.6 is 0 Å². The summed E-state index contributed by atoms with van der Waals surface area (Å²) in [4.78, 5) is 31.9. The van der Waals surface area contributed by atoms with Crippen LogP contribution in [0.4, 0.5) is 0 Å². The van der Waals surface area contributed by atoms with Crippen molar-refractivity contribution in [1.82, 2.24) is 19.5 Å². The number of aromatic nitrogens is 4. The molecule has 0 radical (unpaired) electrons. The SMILES string of the molecule is CCOCc1nc2c([nH]1)c(=O)[nH]c(=O)n2C. The molecule has 0 amide bonds. The minimum absolute atomic E-state index is 0.289. The molecule has 0 aromatic carbocycles. The van der Waals surface area contributed by atoms with Gasteiger partial charge >= 0.3 is 5.69 Å². The van der Waals surface area contributed by atoms with Crippen molar-refractivity contribution in [3.05, 3.63) is 26.7 Å².